The Morgan fingerprint density at radius 3 is 2.62 bits per heavy atom. The van der Waals surface area contributed by atoms with Gasteiger partial charge in [0.1, 0.15) is 0 Å². The van der Waals surface area contributed by atoms with Crippen LogP contribution in [-0.2, 0) is 12.8 Å². The van der Waals surface area contributed by atoms with Gasteiger partial charge in [-0.1, -0.05) is 6.07 Å². The largest absolute Gasteiger partial charge is 0.493 e. The summed E-state index contributed by atoms with van der Waals surface area (Å²) in [6.07, 6.45) is 2.95. The topological polar surface area (TPSA) is 44.5 Å². The van der Waals surface area contributed by atoms with Gasteiger partial charge in [0.05, 0.1) is 14.2 Å². The smallest absolute Gasteiger partial charge is 0.164 e. The van der Waals surface area contributed by atoms with Crippen LogP contribution in [0.3, 0.4) is 0 Å². The molecule has 2 rings (SSSR count). The lowest BCUT2D eigenvalue weighted by atomic mass is 9.88. The van der Waals surface area contributed by atoms with E-state index in [1.807, 2.05) is 6.07 Å². The lowest BCUT2D eigenvalue weighted by Crippen LogP contribution is -2.28. The Hall–Kier alpha value is -0.930. The first-order valence-electron chi connectivity index (χ1n) is 5.24. The molecule has 1 aliphatic rings. The zero-order valence-electron chi connectivity index (χ0n) is 9.66. The van der Waals surface area contributed by atoms with Gasteiger partial charge in [0.2, 0.25) is 0 Å². The Balaban J connectivity index is 0.00000128. The van der Waals surface area contributed by atoms with E-state index in [0.717, 1.165) is 30.8 Å². The second-order valence-corrected chi connectivity index (χ2v) is 3.94. The number of halogens is 1. The van der Waals surface area contributed by atoms with E-state index in [1.165, 1.54) is 11.1 Å². The normalized spacial score (nSPS) is 18.3. The molecule has 0 fully saturated rings. The van der Waals surface area contributed by atoms with Crippen molar-refractivity contribution in [3.63, 3.8) is 0 Å². The van der Waals surface area contributed by atoms with E-state index < -0.39 is 0 Å². The molecule has 1 aromatic carbocycles. The van der Waals surface area contributed by atoms with E-state index >= 15 is 0 Å². The molecule has 90 valence electrons. The summed E-state index contributed by atoms with van der Waals surface area (Å²) in [7, 11) is 3.35. The Morgan fingerprint density at radius 2 is 2.00 bits per heavy atom. The second-order valence-electron chi connectivity index (χ2n) is 3.94. The second kappa shape index (κ2) is 5.41. The Kier molecular flexibility index (Phi) is 4.44. The first-order valence-corrected chi connectivity index (χ1v) is 5.24. The van der Waals surface area contributed by atoms with Crippen LogP contribution in [0.25, 0.3) is 0 Å². The minimum atomic E-state index is 0. The maximum absolute atomic E-state index is 5.94. The van der Waals surface area contributed by atoms with Gasteiger partial charge in [-0.25, -0.2) is 0 Å². The highest BCUT2D eigenvalue weighted by Crippen LogP contribution is 2.36. The quantitative estimate of drug-likeness (QED) is 0.864. The molecule has 16 heavy (non-hydrogen) atoms. The van der Waals surface area contributed by atoms with Crippen LogP contribution in [0.1, 0.15) is 17.5 Å². The molecule has 2 N–H and O–H groups in total. The minimum absolute atomic E-state index is 0. The van der Waals surface area contributed by atoms with Gasteiger partial charge in [-0.15, -0.1) is 12.4 Å². The average molecular weight is 244 g/mol. The third kappa shape index (κ3) is 2.25. The highest BCUT2D eigenvalue weighted by Gasteiger charge is 2.21. The van der Waals surface area contributed by atoms with Crippen molar-refractivity contribution in [2.45, 2.75) is 25.3 Å². The summed E-state index contributed by atoms with van der Waals surface area (Å²) >= 11 is 0. The minimum Gasteiger partial charge on any atom is -0.493 e. The van der Waals surface area contributed by atoms with Crippen molar-refractivity contribution in [1.29, 1.82) is 0 Å². The average Bonchev–Trinajstić information content (AvgIpc) is 2.27. The fourth-order valence-electron chi connectivity index (χ4n) is 2.21. The molecule has 0 bridgehead atoms. The van der Waals surface area contributed by atoms with Crippen LogP contribution in [0.2, 0.25) is 0 Å². The summed E-state index contributed by atoms with van der Waals surface area (Å²) in [5.41, 5.74) is 8.50. The number of ether oxygens (including phenoxy) is 2. The Labute approximate surface area is 102 Å². The highest BCUT2D eigenvalue weighted by molar-refractivity contribution is 5.85. The third-order valence-electron chi connectivity index (χ3n) is 2.99. The molecule has 1 aliphatic carbocycles. The highest BCUT2D eigenvalue weighted by atomic mass is 35.5. The first-order chi connectivity index (χ1) is 7.26. The summed E-state index contributed by atoms with van der Waals surface area (Å²) in [6, 6.07) is 4.33. The Morgan fingerprint density at radius 1 is 1.25 bits per heavy atom. The van der Waals surface area contributed by atoms with Crippen molar-refractivity contribution in [3.8, 4) is 11.5 Å². The summed E-state index contributed by atoms with van der Waals surface area (Å²) in [4.78, 5) is 0. The van der Waals surface area contributed by atoms with E-state index in [4.69, 9.17) is 15.2 Å². The molecule has 0 saturated heterocycles. The molecular weight excluding hydrogens is 226 g/mol. The van der Waals surface area contributed by atoms with Crippen LogP contribution in [0.5, 0.6) is 11.5 Å². The van der Waals surface area contributed by atoms with Crippen LogP contribution in [0.4, 0.5) is 0 Å². The summed E-state index contributed by atoms with van der Waals surface area (Å²) < 4.78 is 10.7. The van der Waals surface area contributed by atoms with Crippen molar-refractivity contribution in [3.05, 3.63) is 23.3 Å². The number of fused-ring (bicyclic) bond motifs is 1. The van der Waals surface area contributed by atoms with Gasteiger partial charge in [0, 0.05) is 11.6 Å². The number of nitrogens with two attached hydrogens (primary N) is 1. The molecule has 0 radical (unpaired) electrons. The number of methoxy groups -OCH3 is 2. The predicted molar refractivity (Wildman–Crippen MR) is 66.8 cm³/mol. The molecule has 0 amide bonds. The zero-order valence-corrected chi connectivity index (χ0v) is 10.5. The van der Waals surface area contributed by atoms with E-state index in [0.29, 0.717) is 0 Å². The van der Waals surface area contributed by atoms with E-state index in [9.17, 15) is 0 Å². The lowest BCUT2D eigenvalue weighted by molar-refractivity contribution is 0.348. The molecule has 1 atom stereocenters. The fourth-order valence-corrected chi connectivity index (χ4v) is 2.21. The van der Waals surface area contributed by atoms with Crippen molar-refractivity contribution < 1.29 is 9.47 Å². The number of benzene rings is 1. The van der Waals surface area contributed by atoms with Crippen molar-refractivity contribution in [2.24, 2.45) is 5.73 Å². The molecule has 1 unspecified atom stereocenters. The van der Waals surface area contributed by atoms with E-state index in [1.54, 1.807) is 14.2 Å². The van der Waals surface area contributed by atoms with E-state index in [-0.39, 0.29) is 18.4 Å². The van der Waals surface area contributed by atoms with Crippen LogP contribution >= 0.6 is 12.4 Å². The molecule has 4 heteroatoms. The lowest BCUT2D eigenvalue weighted by Gasteiger charge is -2.24. The van der Waals surface area contributed by atoms with Crippen LogP contribution in [0.15, 0.2) is 12.1 Å². The standard InChI is InChI=1S/C12H17NO2.ClH/c1-14-11-6-3-8-7-9(13)4-5-10(8)12(11)15-2;/h3,6,9H,4-5,7,13H2,1-2H3;1H. The van der Waals surface area contributed by atoms with Gasteiger partial charge in [-0.3, -0.25) is 0 Å². The predicted octanol–water partition coefficient (Wildman–Crippen LogP) is 1.94. The van der Waals surface area contributed by atoms with Gasteiger partial charge in [0.15, 0.2) is 11.5 Å². The number of rotatable bonds is 2. The molecule has 1 aromatic rings. The third-order valence-corrected chi connectivity index (χ3v) is 2.99. The van der Waals surface area contributed by atoms with Gasteiger partial charge in [-0.2, -0.15) is 0 Å². The van der Waals surface area contributed by atoms with E-state index in [2.05, 4.69) is 6.07 Å². The molecule has 0 heterocycles. The van der Waals surface area contributed by atoms with Gasteiger partial charge in [0.25, 0.3) is 0 Å². The van der Waals surface area contributed by atoms with Crippen molar-refractivity contribution >= 4 is 12.4 Å². The van der Waals surface area contributed by atoms with Crippen molar-refractivity contribution in [1.82, 2.24) is 0 Å². The zero-order chi connectivity index (χ0) is 10.8. The van der Waals surface area contributed by atoms with Crippen LogP contribution in [0, 0.1) is 0 Å². The number of hydrogen-bond acceptors (Lipinski definition) is 3. The van der Waals surface area contributed by atoms with Gasteiger partial charge >= 0.3 is 0 Å². The fraction of sp³-hybridized carbons (Fsp3) is 0.500. The molecule has 0 spiro atoms. The SMILES string of the molecule is COc1ccc2c(c1OC)CCC(N)C2.Cl. The molecule has 3 nitrogen and oxygen atoms in total. The number of hydrogen-bond donors (Lipinski definition) is 1. The molecule has 0 aromatic heterocycles. The van der Waals surface area contributed by atoms with Crippen molar-refractivity contribution in [2.75, 3.05) is 14.2 Å². The monoisotopic (exact) mass is 243 g/mol. The molecule has 0 saturated carbocycles. The maximum Gasteiger partial charge on any atom is 0.164 e. The van der Waals surface area contributed by atoms with Crippen LogP contribution < -0.4 is 15.2 Å². The first kappa shape index (κ1) is 13.1. The maximum atomic E-state index is 5.94. The van der Waals surface area contributed by atoms with Gasteiger partial charge < -0.3 is 15.2 Å². The van der Waals surface area contributed by atoms with Crippen LogP contribution in [-0.4, -0.2) is 20.3 Å². The molecule has 0 aliphatic heterocycles. The molecular formula is C12H18ClNO2. The summed E-state index contributed by atoms with van der Waals surface area (Å²) in [6.45, 7) is 0. The summed E-state index contributed by atoms with van der Waals surface area (Å²) in [5.74, 6) is 1.69. The van der Waals surface area contributed by atoms with Gasteiger partial charge in [-0.05, 0) is 30.9 Å². The summed E-state index contributed by atoms with van der Waals surface area (Å²) in [5, 5.41) is 0. The Bertz CT molecular complexity index is 368.